The van der Waals surface area contributed by atoms with E-state index in [1.165, 1.54) is 89.9 Å². The van der Waals surface area contributed by atoms with E-state index in [-0.39, 0.29) is 23.9 Å². The molecule has 60 heavy (non-hydrogen) atoms. The van der Waals surface area contributed by atoms with Crippen LogP contribution in [0.5, 0.6) is 0 Å². The molecule has 0 N–H and O–H groups in total. The van der Waals surface area contributed by atoms with Gasteiger partial charge in [0.1, 0.15) is 0 Å². The molecule has 0 spiro atoms. The fraction of sp³-hybridized carbons (Fsp3) is 0.923. The van der Waals surface area contributed by atoms with Crippen molar-refractivity contribution in [3.05, 3.63) is 0 Å². The van der Waals surface area contributed by atoms with E-state index >= 15 is 0 Å². The Bertz CT molecular complexity index is 863. The molecular formula is C52H100O8. The lowest BCUT2D eigenvalue weighted by molar-refractivity contribution is -0.146. The normalized spacial score (nSPS) is 12.0. The SMILES string of the molecule is CCCCC(CC)COC(=O)CCCCCCCCC(=O)OCC(CC)CCCC.CCCCCCCCOC(=O)CCCCCCCCC(=O)OCCCCCCCC. The topological polar surface area (TPSA) is 105 Å². The van der Waals surface area contributed by atoms with E-state index in [9.17, 15) is 19.2 Å². The number of carbonyl (C=O) groups is 4. The second-order valence-electron chi connectivity index (χ2n) is 17.4. The van der Waals surface area contributed by atoms with E-state index in [0.29, 0.717) is 63.9 Å². The molecule has 0 aliphatic heterocycles. The van der Waals surface area contributed by atoms with Crippen LogP contribution >= 0.6 is 0 Å². The Morgan fingerprint density at radius 1 is 0.300 bits per heavy atom. The zero-order chi connectivity index (χ0) is 44.6. The Hall–Kier alpha value is -2.12. The summed E-state index contributed by atoms with van der Waals surface area (Å²) >= 11 is 0. The van der Waals surface area contributed by atoms with Crippen molar-refractivity contribution in [2.75, 3.05) is 26.4 Å². The molecule has 0 amide bonds. The number of unbranched alkanes of at least 4 members (excludes halogenated alkanes) is 22. The van der Waals surface area contributed by atoms with E-state index in [2.05, 4.69) is 41.5 Å². The molecule has 8 heteroatoms. The van der Waals surface area contributed by atoms with Gasteiger partial charge in [-0.05, 0) is 63.2 Å². The number of hydrogen-bond donors (Lipinski definition) is 0. The summed E-state index contributed by atoms with van der Waals surface area (Å²) in [5.41, 5.74) is 0. The van der Waals surface area contributed by atoms with Gasteiger partial charge in [0.05, 0.1) is 26.4 Å². The van der Waals surface area contributed by atoms with E-state index in [1.807, 2.05) is 0 Å². The maximum Gasteiger partial charge on any atom is 0.305 e. The summed E-state index contributed by atoms with van der Waals surface area (Å²) in [7, 11) is 0. The van der Waals surface area contributed by atoms with Gasteiger partial charge in [0, 0.05) is 25.7 Å². The molecule has 2 unspecified atom stereocenters. The lowest BCUT2D eigenvalue weighted by atomic mass is 10.0. The van der Waals surface area contributed by atoms with Gasteiger partial charge < -0.3 is 18.9 Å². The van der Waals surface area contributed by atoms with Gasteiger partial charge >= 0.3 is 23.9 Å². The van der Waals surface area contributed by atoms with Crippen molar-refractivity contribution in [3.63, 3.8) is 0 Å². The molecule has 8 nitrogen and oxygen atoms in total. The first kappa shape index (κ1) is 60.0. The van der Waals surface area contributed by atoms with Gasteiger partial charge in [-0.2, -0.15) is 0 Å². The first-order valence-corrected chi connectivity index (χ1v) is 25.9. The molecule has 0 saturated heterocycles. The van der Waals surface area contributed by atoms with Crippen molar-refractivity contribution in [1.82, 2.24) is 0 Å². The maximum absolute atomic E-state index is 11.9. The quantitative estimate of drug-likeness (QED) is 0.0339. The Kier molecular flexibility index (Phi) is 49.5. The first-order chi connectivity index (χ1) is 29.3. The van der Waals surface area contributed by atoms with Crippen LogP contribution in [0.4, 0.5) is 0 Å². The van der Waals surface area contributed by atoms with Crippen LogP contribution in [0.3, 0.4) is 0 Å². The summed E-state index contributed by atoms with van der Waals surface area (Å²) < 4.78 is 21.5. The number of ether oxygens (including phenoxy) is 4. The van der Waals surface area contributed by atoms with Crippen LogP contribution in [0, 0.1) is 11.8 Å². The molecule has 0 aromatic rings. The lowest BCUT2D eigenvalue weighted by Crippen LogP contribution is -2.13. The number of esters is 4. The Morgan fingerprint density at radius 2 is 0.550 bits per heavy atom. The monoisotopic (exact) mass is 853 g/mol. The highest BCUT2D eigenvalue weighted by molar-refractivity contribution is 5.70. The minimum absolute atomic E-state index is 0.0444. The molecule has 2 atom stereocenters. The van der Waals surface area contributed by atoms with Crippen molar-refractivity contribution in [2.45, 2.75) is 273 Å². The molecule has 0 saturated carbocycles. The van der Waals surface area contributed by atoms with Crippen molar-refractivity contribution >= 4 is 23.9 Å². The lowest BCUT2D eigenvalue weighted by Gasteiger charge is -2.14. The summed E-state index contributed by atoms with van der Waals surface area (Å²) in [6.07, 6.45) is 38.4. The fourth-order valence-corrected chi connectivity index (χ4v) is 7.13. The van der Waals surface area contributed by atoms with Crippen LogP contribution in [-0.2, 0) is 38.1 Å². The van der Waals surface area contributed by atoms with Gasteiger partial charge in [-0.3, -0.25) is 19.2 Å². The number of carbonyl (C=O) groups excluding carboxylic acids is 4. The Morgan fingerprint density at radius 3 is 0.833 bits per heavy atom. The molecule has 0 rings (SSSR count). The summed E-state index contributed by atoms with van der Waals surface area (Å²) in [6.45, 7) is 15.5. The summed E-state index contributed by atoms with van der Waals surface area (Å²) in [5, 5.41) is 0. The third kappa shape index (κ3) is 46.9. The van der Waals surface area contributed by atoms with Gasteiger partial charge in [0.25, 0.3) is 0 Å². The van der Waals surface area contributed by atoms with Crippen LogP contribution in [0.1, 0.15) is 273 Å². The number of hydrogen-bond acceptors (Lipinski definition) is 8. The van der Waals surface area contributed by atoms with E-state index in [0.717, 1.165) is 116 Å². The Balaban J connectivity index is 0. The van der Waals surface area contributed by atoms with Crippen LogP contribution < -0.4 is 0 Å². The van der Waals surface area contributed by atoms with Crippen LogP contribution in [0.15, 0.2) is 0 Å². The smallest absolute Gasteiger partial charge is 0.305 e. The highest BCUT2D eigenvalue weighted by Crippen LogP contribution is 2.16. The third-order valence-electron chi connectivity index (χ3n) is 11.6. The second kappa shape index (κ2) is 49.5. The standard InChI is InChI=1S/2C26H50O4/c1-5-9-17-23(7-3)21-29-25(27)19-15-13-11-12-14-16-20-26(28)30-22-24(8-4)18-10-6-2;1-3-5-7-9-15-19-23-29-25(27)21-17-13-11-12-14-18-22-26(28)30-24-20-16-10-8-6-4-2/h23-24H,5-22H2,1-4H3;3-24H2,1-2H3. The van der Waals surface area contributed by atoms with Crippen LogP contribution in [-0.4, -0.2) is 50.3 Å². The molecule has 0 bridgehead atoms. The van der Waals surface area contributed by atoms with Crippen LogP contribution in [0.2, 0.25) is 0 Å². The predicted molar refractivity (Wildman–Crippen MR) is 251 cm³/mol. The first-order valence-electron chi connectivity index (χ1n) is 25.9. The summed E-state index contributed by atoms with van der Waals surface area (Å²) in [6, 6.07) is 0. The molecule has 0 aromatic carbocycles. The predicted octanol–water partition coefficient (Wildman–Crippen LogP) is 15.5. The molecular weight excluding hydrogens is 753 g/mol. The zero-order valence-corrected chi connectivity index (χ0v) is 40.7. The fourth-order valence-electron chi connectivity index (χ4n) is 7.13. The number of rotatable bonds is 44. The maximum atomic E-state index is 11.9. The van der Waals surface area contributed by atoms with Gasteiger partial charge in [0.15, 0.2) is 0 Å². The van der Waals surface area contributed by atoms with Crippen molar-refractivity contribution in [2.24, 2.45) is 11.8 Å². The Labute approximate surface area is 371 Å². The van der Waals surface area contributed by atoms with Crippen molar-refractivity contribution in [1.29, 1.82) is 0 Å². The van der Waals surface area contributed by atoms with Crippen molar-refractivity contribution < 1.29 is 38.1 Å². The molecule has 0 aromatic heterocycles. The van der Waals surface area contributed by atoms with Gasteiger partial charge in [-0.15, -0.1) is 0 Å². The second-order valence-corrected chi connectivity index (χ2v) is 17.4. The molecule has 0 heterocycles. The molecule has 0 radical (unpaired) electrons. The molecule has 0 aliphatic rings. The molecule has 0 fully saturated rings. The summed E-state index contributed by atoms with van der Waals surface area (Å²) in [5.74, 6) is 0.858. The minimum atomic E-state index is -0.0448. The summed E-state index contributed by atoms with van der Waals surface area (Å²) in [4.78, 5) is 47.1. The zero-order valence-electron chi connectivity index (χ0n) is 40.7. The third-order valence-corrected chi connectivity index (χ3v) is 11.6. The molecule has 0 aliphatic carbocycles. The van der Waals surface area contributed by atoms with Gasteiger partial charge in [-0.25, -0.2) is 0 Å². The van der Waals surface area contributed by atoms with Crippen molar-refractivity contribution in [3.8, 4) is 0 Å². The van der Waals surface area contributed by atoms with E-state index in [4.69, 9.17) is 18.9 Å². The minimum Gasteiger partial charge on any atom is -0.466 e. The highest BCUT2D eigenvalue weighted by Gasteiger charge is 2.12. The molecule has 356 valence electrons. The van der Waals surface area contributed by atoms with Gasteiger partial charge in [-0.1, -0.05) is 196 Å². The average molecular weight is 853 g/mol. The largest absolute Gasteiger partial charge is 0.466 e. The highest BCUT2D eigenvalue weighted by atomic mass is 16.5. The van der Waals surface area contributed by atoms with E-state index < -0.39 is 0 Å². The van der Waals surface area contributed by atoms with E-state index in [1.54, 1.807) is 0 Å². The van der Waals surface area contributed by atoms with Gasteiger partial charge in [0.2, 0.25) is 0 Å². The average Bonchev–Trinajstić information content (AvgIpc) is 3.25. The van der Waals surface area contributed by atoms with Crippen LogP contribution in [0.25, 0.3) is 0 Å².